The molecule has 3 aromatic rings. The maximum atomic E-state index is 12.4. The van der Waals surface area contributed by atoms with E-state index in [2.05, 4.69) is 11.1 Å². The van der Waals surface area contributed by atoms with E-state index in [1.807, 2.05) is 39.9 Å². The van der Waals surface area contributed by atoms with Crippen molar-refractivity contribution < 1.29 is 4.79 Å². The molecule has 1 amide bonds. The number of nitrogens with one attached hydrogen (secondary N) is 1. The van der Waals surface area contributed by atoms with Crippen molar-refractivity contribution in [3.63, 3.8) is 0 Å². The minimum absolute atomic E-state index is 0.157. The van der Waals surface area contributed by atoms with E-state index in [9.17, 15) is 4.79 Å². The van der Waals surface area contributed by atoms with Gasteiger partial charge >= 0.3 is 0 Å². The average Bonchev–Trinajstić information content (AvgIpc) is 3.23. The fraction of sp³-hybridized carbons (Fsp3) is 0.294. The Bertz CT molecular complexity index is 752. The smallest absolute Gasteiger partial charge is 0.254 e. The Morgan fingerprint density at radius 1 is 1.23 bits per heavy atom. The Morgan fingerprint density at radius 3 is 2.77 bits per heavy atom. The second-order valence-corrected chi connectivity index (χ2v) is 6.50. The van der Waals surface area contributed by atoms with Crippen molar-refractivity contribution in [2.24, 2.45) is 0 Å². The first-order valence-corrected chi connectivity index (χ1v) is 8.51. The highest BCUT2D eigenvalue weighted by Gasteiger charge is 2.26. The molecular weight excluding hydrogens is 294 g/mol. The number of piperidine rings is 1. The number of rotatable bonds is 2. The van der Waals surface area contributed by atoms with E-state index in [1.165, 1.54) is 0 Å². The molecule has 1 aliphatic heterocycles. The van der Waals surface area contributed by atoms with Crippen molar-refractivity contribution in [1.82, 2.24) is 14.9 Å². The molecule has 4 rings (SSSR count). The topological polar surface area (TPSA) is 49.0 Å². The van der Waals surface area contributed by atoms with E-state index >= 15 is 0 Å². The number of carbonyl (C=O) groups excluding carboxylic acids is 1. The molecule has 1 fully saturated rings. The number of amides is 1. The number of aromatic nitrogens is 2. The number of fused-ring (bicyclic) bond motifs is 1. The Hall–Kier alpha value is -2.14. The fourth-order valence-corrected chi connectivity index (χ4v) is 3.72. The summed E-state index contributed by atoms with van der Waals surface area (Å²) < 4.78 is 0. The van der Waals surface area contributed by atoms with Crippen LogP contribution in [0.2, 0.25) is 0 Å². The number of carbonyl (C=O) groups is 1. The van der Waals surface area contributed by atoms with Crippen molar-refractivity contribution in [2.75, 3.05) is 13.1 Å². The van der Waals surface area contributed by atoms with Gasteiger partial charge in [0.05, 0.1) is 16.6 Å². The molecule has 0 bridgehead atoms. The van der Waals surface area contributed by atoms with E-state index in [0.29, 0.717) is 5.92 Å². The number of hydrogen-bond donors (Lipinski definition) is 1. The Labute approximate surface area is 132 Å². The molecule has 4 nitrogen and oxygen atoms in total. The molecule has 1 aliphatic rings. The van der Waals surface area contributed by atoms with Crippen LogP contribution >= 0.6 is 11.3 Å². The average molecular weight is 311 g/mol. The van der Waals surface area contributed by atoms with Crippen molar-refractivity contribution in [1.29, 1.82) is 0 Å². The van der Waals surface area contributed by atoms with Gasteiger partial charge in [-0.2, -0.15) is 11.3 Å². The van der Waals surface area contributed by atoms with Gasteiger partial charge in [0.15, 0.2) is 0 Å². The Balaban J connectivity index is 1.46. The largest absolute Gasteiger partial charge is 0.342 e. The predicted octanol–water partition coefficient (Wildman–Crippen LogP) is 3.64. The highest BCUT2D eigenvalue weighted by atomic mass is 32.1. The van der Waals surface area contributed by atoms with Gasteiger partial charge in [-0.15, -0.1) is 0 Å². The van der Waals surface area contributed by atoms with Crippen molar-refractivity contribution in [2.45, 2.75) is 18.8 Å². The summed E-state index contributed by atoms with van der Waals surface area (Å²) in [5, 5.41) is 3.88. The van der Waals surface area contributed by atoms with Gasteiger partial charge in [0.2, 0.25) is 0 Å². The second kappa shape index (κ2) is 5.57. The summed E-state index contributed by atoms with van der Waals surface area (Å²) in [7, 11) is 0. The van der Waals surface area contributed by atoms with Crippen LogP contribution in [-0.4, -0.2) is 33.9 Å². The van der Waals surface area contributed by atoms with Crippen LogP contribution in [0.25, 0.3) is 11.0 Å². The van der Waals surface area contributed by atoms with E-state index in [4.69, 9.17) is 4.98 Å². The summed E-state index contributed by atoms with van der Waals surface area (Å²) in [5.74, 6) is 1.63. The SMILES string of the molecule is O=C(c1ccsc1)N1CCC(c2nc3ccccc3[nH]2)CC1. The normalized spacial score (nSPS) is 16.3. The first-order chi connectivity index (χ1) is 10.8. The standard InChI is InChI=1S/C17H17N3OS/c21-17(13-7-10-22-11-13)20-8-5-12(6-9-20)16-18-14-3-1-2-4-15(14)19-16/h1-4,7,10-12H,5-6,8-9H2,(H,18,19). The van der Waals surface area contributed by atoms with Crippen LogP contribution in [0.15, 0.2) is 41.1 Å². The summed E-state index contributed by atoms with van der Waals surface area (Å²) in [5.41, 5.74) is 2.93. The minimum atomic E-state index is 0.157. The molecule has 0 saturated carbocycles. The van der Waals surface area contributed by atoms with Gasteiger partial charge < -0.3 is 9.88 Å². The van der Waals surface area contributed by atoms with E-state index < -0.39 is 0 Å². The van der Waals surface area contributed by atoms with Gasteiger partial charge in [0, 0.05) is 24.4 Å². The lowest BCUT2D eigenvalue weighted by molar-refractivity contribution is 0.0712. The van der Waals surface area contributed by atoms with Crippen LogP contribution in [0.4, 0.5) is 0 Å². The molecule has 2 aromatic heterocycles. The maximum absolute atomic E-state index is 12.4. The lowest BCUT2D eigenvalue weighted by Crippen LogP contribution is -2.37. The third kappa shape index (κ3) is 2.41. The molecule has 1 saturated heterocycles. The summed E-state index contributed by atoms with van der Waals surface area (Å²) in [6, 6.07) is 10.0. The third-order valence-corrected chi connectivity index (χ3v) is 5.03. The molecule has 0 aliphatic carbocycles. The van der Waals surface area contributed by atoms with E-state index in [1.54, 1.807) is 11.3 Å². The zero-order valence-corrected chi connectivity index (χ0v) is 13.0. The molecule has 1 aromatic carbocycles. The molecule has 112 valence electrons. The number of thiophene rings is 1. The van der Waals surface area contributed by atoms with E-state index in [0.717, 1.165) is 48.4 Å². The molecule has 0 spiro atoms. The van der Waals surface area contributed by atoms with E-state index in [-0.39, 0.29) is 5.91 Å². The van der Waals surface area contributed by atoms with Crippen LogP contribution in [0, 0.1) is 0 Å². The summed E-state index contributed by atoms with van der Waals surface area (Å²) in [6.45, 7) is 1.60. The lowest BCUT2D eigenvalue weighted by atomic mass is 9.96. The summed E-state index contributed by atoms with van der Waals surface area (Å²) in [6.07, 6.45) is 1.94. The second-order valence-electron chi connectivity index (χ2n) is 5.72. The number of likely N-dealkylation sites (tertiary alicyclic amines) is 1. The zero-order valence-electron chi connectivity index (χ0n) is 12.2. The molecule has 0 unspecified atom stereocenters. The van der Waals surface area contributed by atoms with Crippen LogP contribution in [0.3, 0.4) is 0 Å². The Kier molecular flexibility index (Phi) is 3.42. The Morgan fingerprint density at radius 2 is 2.05 bits per heavy atom. The van der Waals surface area contributed by atoms with Crippen molar-refractivity contribution in [3.05, 3.63) is 52.5 Å². The molecule has 0 radical (unpaired) electrons. The number of aromatic amines is 1. The monoisotopic (exact) mass is 311 g/mol. The highest BCUT2D eigenvalue weighted by molar-refractivity contribution is 7.08. The summed E-state index contributed by atoms with van der Waals surface area (Å²) in [4.78, 5) is 22.4. The van der Waals surface area contributed by atoms with Crippen LogP contribution in [0.5, 0.6) is 0 Å². The number of nitrogens with zero attached hydrogens (tertiary/aromatic N) is 2. The van der Waals surface area contributed by atoms with Gasteiger partial charge in [-0.1, -0.05) is 12.1 Å². The lowest BCUT2D eigenvalue weighted by Gasteiger charge is -2.31. The van der Waals surface area contributed by atoms with Crippen LogP contribution < -0.4 is 0 Å². The van der Waals surface area contributed by atoms with Gasteiger partial charge in [-0.3, -0.25) is 4.79 Å². The molecule has 22 heavy (non-hydrogen) atoms. The van der Waals surface area contributed by atoms with Crippen LogP contribution in [-0.2, 0) is 0 Å². The third-order valence-electron chi connectivity index (χ3n) is 4.34. The van der Waals surface area contributed by atoms with Gasteiger partial charge in [-0.05, 0) is 36.4 Å². The number of imidazole rings is 1. The highest BCUT2D eigenvalue weighted by Crippen LogP contribution is 2.28. The minimum Gasteiger partial charge on any atom is -0.342 e. The van der Waals surface area contributed by atoms with Crippen LogP contribution in [0.1, 0.15) is 34.9 Å². The van der Waals surface area contributed by atoms with Gasteiger partial charge in [0.1, 0.15) is 5.82 Å². The van der Waals surface area contributed by atoms with Gasteiger partial charge in [-0.25, -0.2) is 4.98 Å². The van der Waals surface area contributed by atoms with Crippen molar-refractivity contribution >= 4 is 28.3 Å². The first-order valence-electron chi connectivity index (χ1n) is 7.57. The number of benzene rings is 1. The first kappa shape index (κ1) is 13.5. The van der Waals surface area contributed by atoms with Crippen molar-refractivity contribution in [3.8, 4) is 0 Å². The number of hydrogen-bond acceptors (Lipinski definition) is 3. The predicted molar refractivity (Wildman–Crippen MR) is 88.3 cm³/mol. The number of H-pyrrole nitrogens is 1. The maximum Gasteiger partial charge on any atom is 0.254 e. The van der Waals surface area contributed by atoms with Gasteiger partial charge in [0.25, 0.3) is 5.91 Å². The molecule has 5 heteroatoms. The molecule has 1 N–H and O–H groups in total. The summed E-state index contributed by atoms with van der Waals surface area (Å²) >= 11 is 1.57. The molecule has 0 atom stereocenters. The number of para-hydroxylation sites is 2. The fourth-order valence-electron chi connectivity index (χ4n) is 3.09. The molecular formula is C17H17N3OS. The molecule has 3 heterocycles. The zero-order chi connectivity index (χ0) is 14.9. The quantitative estimate of drug-likeness (QED) is 0.785.